The Morgan fingerprint density at radius 3 is 2.00 bits per heavy atom. The van der Waals surface area contributed by atoms with Crippen molar-refractivity contribution in [3.8, 4) is 0 Å². The van der Waals surface area contributed by atoms with Gasteiger partial charge in [-0.1, -0.05) is 35.5 Å². The lowest BCUT2D eigenvalue weighted by Crippen LogP contribution is -1.97. The molecule has 0 unspecified atom stereocenters. The van der Waals surface area contributed by atoms with Crippen LogP contribution in [-0.4, -0.2) is 4.33 Å². The lowest BCUT2D eigenvalue weighted by Gasteiger charge is -2.08. The lowest BCUT2D eigenvalue weighted by molar-refractivity contribution is 0.718. The summed E-state index contributed by atoms with van der Waals surface area (Å²) in [5, 5.41) is 0. The van der Waals surface area contributed by atoms with E-state index in [4.69, 9.17) is 23.2 Å². The van der Waals surface area contributed by atoms with Crippen LogP contribution in [0.3, 0.4) is 0 Å². The molecule has 0 amide bonds. The summed E-state index contributed by atoms with van der Waals surface area (Å²) in [5.74, 6) is 0.990. The van der Waals surface area contributed by atoms with Crippen molar-refractivity contribution in [2.75, 3.05) is 0 Å². The summed E-state index contributed by atoms with van der Waals surface area (Å²) in [6.45, 7) is 0. The van der Waals surface area contributed by atoms with Gasteiger partial charge in [-0.3, -0.25) is 0 Å². The third-order valence-electron chi connectivity index (χ3n) is 3.56. The first-order valence-corrected chi connectivity index (χ1v) is 5.85. The standard InChI is InChI=1S/C12H12Cl2/c13-12(14)10-6-8-3-1-2-4-9(5-8)7-11(10)12/h1-4,10-11H,5-7H2/t10-,11+. The third kappa shape index (κ3) is 1.28. The molecule has 3 aliphatic rings. The topological polar surface area (TPSA) is 0 Å². The molecule has 2 fully saturated rings. The summed E-state index contributed by atoms with van der Waals surface area (Å²) >= 11 is 12.5. The van der Waals surface area contributed by atoms with Crippen molar-refractivity contribution < 1.29 is 0 Å². The summed E-state index contributed by atoms with van der Waals surface area (Å²) in [6, 6.07) is 0. The molecule has 0 aromatic carbocycles. The Kier molecular flexibility index (Phi) is 1.87. The highest BCUT2D eigenvalue weighted by molar-refractivity contribution is 6.51. The second kappa shape index (κ2) is 2.90. The molecule has 0 heterocycles. The monoisotopic (exact) mass is 226 g/mol. The highest BCUT2D eigenvalue weighted by Gasteiger charge is 2.63. The van der Waals surface area contributed by atoms with Gasteiger partial charge < -0.3 is 0 Å². The van der Waals surface area contributed by atoms with Gasteiger partial charge in [0, 0.05) is 11.8 Å². The Labute approximate surface area is 94.3 Å². The van der Waals surface area contributed by atoms with E-state index in [9.17, 15) is 0 Å². The minimum Gasteiger partial charge on any atom is -0.101 e. The van der Waals surface area contributed by atoms with E-state index >= 15 is 0 Å². The Morgan fingerprint density at radius 1 is 1.00 bits per heavy atom. The normalized spacial score (nSPS) is 37.6. The van der Waals surface area contributed by atoms with E-state index < -0.39 is 4.33 Å². The lowest BCUT2D eigenvalue weighted by atomic mass is 10.0. The molecule has 0 nitrogen and oxygen atoms in total. The zero-order chi connectivity index (χ0) is 9.76. The van der Waals surface area contributed by atoms with Crippen molar-refractivity contribution in [3.63, 3.8) is 0 Å². The molecule has 0 spiro atoms. The molecular formula is C12H12Cl2. The Morgan fingerprint density at radius 2 is 1.50 bits per heavy atom. The van der Waals surface area contributed by atoms with Crippen LogP contribution in [0.5, 0.6) is 0 Å². The smallest absolute Gasteiger partial charge is 0.101 e. The van der Waals surface area contributed by atoms with Gasteiger partial charge in [-0.15, -0.1) is 23.2 Å². The van der Waals surface area contributed by atoms with Crippen LogP contribution in [0.15, 0.2) is 35.5 Å². The van der Waals surface area contributed by atoms with Crippen LogP contribution in [0, 0.1) is 11.8 Å². The Balaban J connectivity index is 1.95. The minimum atomic E-state index is -0.442. The van der Waals surface area contributed by atoms with Gasteiger partial charge in [0.1, 0.15) is 4.33 Å². The van der Waals surface area contributed by atoms with Gasteiger partial charge in [-0.2, -0.15) is 0 Å². The SMILES string of the molecule is ClC1(Cl)[C@@H]2CC3=CC=CC=C(C3)C[C@@H]21. The third-order valence-corrected chi connectivity index (χ3v) is 4.68. The van der Waals surface area contributed by atoms with E-state index in [0.717, 1.165) is 19.3 Å². The summed E-state index contributed by atoms with van der Waals surface area (Å²) in [4.78, 5) is 0. The number of alkyl halides is 2. The first-order valence-electron chi connectivity index (χ1n) is 5.10. The molecule has 2 heteroatoms. The van der Waals surface area contributed by atoms with Crippen LogP contribution < -0.4 is 0 Å². The number of fused-ring (bicyclic) bond motifs is 3. The maximum Gasteiger partial charge on any atom is 0.125 e. The fourth-order valence-corrected chi connectivity index (χ4v) is 3.45. The van der Waals surface area contributed by atoms with Crippen molar-refractivity contribution in [3.05, 3.63) is 35.5 Å². The number of hydrogen-bond acceptors (Lipinski definition) is 0. The molecule has 3 aliphatic carbocycles. The van der Waals surface area contributed by atoms with E-state index in [1.54, 1.807) is 0 Å². The zero-order valence-corrected chi connectivity index (χ0v) is 9.35. The number of halogens is 2. The molecule has 3 rings (SSSR count). The van der Waals surface area contributed by atoms with Gasteiger partial charge in [0.05, 0.1) is 0 Å². The van der Waals surface area contributed by atoms with Gasteiger partial charge in [-0.25, -0.2) is 0 Å². The maximum absolute atomic E-state index is 6.24. The molecule has 0 aromatic heterocycles. The van der Waals surface area contributed by atoms with E-state index in [2.05, 4.69) is 24.3 Å². The second-order valence-electron chi connectivity index (χ2n) is 4.51. The number of allylic oxidation sites excluding steroid dienone is 6. The van der Waals surface area contributed by atoms with Crippen LogP contribution >= 0.6 is 23.2 Å². The molecule has 0 aliphatic heterocycles. The molecule has 0 radical (unpaired) electrons. The first kappa shape index (κ1) is 9.06. The molecule has 0 N–H and O–H groups in total. The van der Waals surface area contributed by atoms with Crippen molar-refractivity contribution in [1.82, 2.24) is 0 Å². The predicted octanol–water partition coefficient (Wildman–Crippen LogP) is 4.01. The van der Waals surface area contributed by atoms with Gasteiger partial charge in [0.2, 0.25) is 0 Å². The van der Waals surface area contributed by atoms with Crippen molar-refractivity contribution in [1.29, 1.82) is 0 Å². The quantitative estimate of drug-likeness (QED) is 0.548. The van der Waals surface area contributed by atoms with Gasteiger partial charge in [0.15, 0.2) is 0 Å². The average Bonchev–Trinajstić information content (AvgIpc) is 2.78. The summed E-state index contributed by atoms with van der Waals surface area (Å²) in [7, 11) is 0. The zero-order valence-electron chi connectivity index (χ0n) is 7.84. The van der Waals surface area contributed by atoms with Crippen LogP contribution in [-0.2, 0) is 0 Å². The fraction of sp³-hybridized carbons (Fsp3) is 0.500. The summed E-state index contributed by atoms with van der Waals surface area (Å²) in [6.07, 6.45) is 12.0. The molecular weight excluding hydrogens is 215 g/mol. The second-order valence-corrected chi connectivity index (χ2v) is 5.95. The van der Waals surface area contributed by atoms with Crippen LogP contribution in [0.25, 0.3) is 0 Å². The molecule has 14 heavy (non-hydrogen) atoms. The van der Waals surface area contributed by atoms with Crippen molar-refractivity contribution in [2.45, 2.75) is 23.6 Å². The first-order chi connectivity index (χ1) is 6.68. The predicted molar refractivity (Wildman–Crippen MR) is 60.6 cm³/mol. The molecule has 2 saturated carbocycles. The van der Waals surface area contributed by atoms with E-state index in [0.29, 0.717) is 11.8 Å². The van der Waals surface area contributed by atoms with Crippen molar-refractivity contribution in [2.24, 2.45) is 11.8 Å². The van der Waals surface area contributed by atoms with E-state index in [1.165, 1.54) is 11.1 Å². The molecule has 0 aromatic rings. The van der Waals surface area contributed by atoms with Crippen LogP contribution in [0.1, 0.15) is 19.3 Å². The van der Waals surface area contributed by atoms with Gasteiger partial charge >= 0.3 is 0 Å². The molecule has 74 valence electrons. The highest BCUT2D eigenvalue weighted by Crippen LogP contribution is 2.65. The number of rotatable bonds is 0. The number of hydrogen-bond donors (Lipinski definition) is 0. The minimum absolute atomic E-state index is 0.442. The molecule has 0 saturated heterocycles. The Hall–Kier alpha value is -0.200. The van der Waals surface area contributed by atoms with Gasteiger partial charge in [0.25, 0.3) is 0 Å². The maximum atomic E-state index is 6.24. The van der Waals surface area contributed by atoms with E-state index in [1.807, 2.05) is 0 Å². The summed E-state index contributed by atoms with van der Waals surface area (Å²) < 4.78 is -0.442. The molecule has 2 atom stereocenters. The molecule has 2 bridgehead atoms. The van der Waals surface area contributed by atoms with Gasteiger partial charge in [-0.05, 0) is 19.3 Å². The summed E-state index contributed by atoms with van der Waals surface area (Å²) in [5.41, 5.74) is 2.97. The fourth-order valence-electron chi connectivity index (χ4n) is 2.66. The van der Waals surface area contributed by atoms with Crippen LogP contribution in [0.4, 0.5) is 0 Å². The average molecular weight is 227 g/mol. The van der Waals surface area contributed by atoms with Crippen molar-refractivity contribution >= 4 is 23.2 Å². The largest absolute Gasteiger partial charge is 0.125 e. The van der Waals surface area contributed by atoms with E-state index in [-0.39, 0.29) is 0 Å². The highest BCUT2D eigenvalue weighted by atomic mass is 35.5. The Bertz CT molecular complexity index is 329. The van der Waals surface area contributed by atoms with Crippen LogP contribution in [0.2, 0.25) is 0 Å².